The molecule has 1 aromatic carbocycles. The Hall–Kier alpha value is -1.39. The molecule has 0 radical (unpaired) electrons. The first-order valence-corrected chi connectivity index (χ1v) is 8.31. The molecule has 0 aromatic heterocycles. The minimum absolute atomic E-state index is 0.122. The second-order valence-corrected chi connectivity index (χ2v) is 6.46. The summed E-state index contributed by atoms with van der Waals surface area (Å²) in [4.78, 5) is 17.5. The third kappa shape index (κ3) is 2.90. The summed E-state index contributed by atoms with van der Waals surface area (Å²) < 4.78 is 5.54. The Morgan fingerprint density at radius 2 is 1.82 bits per heavy atom. The minimum Gasteiger partial charge on any atom is -0.367 e. The maximum Gasteiger partial charge on any atom is 0.256 e. The molecule has 2 aliphatic rings. The van der Waals surface area contributed by atoms with Crippen molar-refractivity contribution in [1.82, 2.24) is 9.80 Å². The molecule has 0 N–H and O–H groups in total. The molecule has 2 aliphatic heterocycles. The number of rotatable bonds is 4. The summed E-state index contributed by atoms with van der Waals surface area (Å²) in [7, 11) is 3.81. The average molecular weight is 302 g/mol. The first kappa shape index (κ1) is 15.5. The molecule has 2 fully saturated rings. The Morgan fingerprint density at radius 3 is 2.45 bits per heavy atom. The van der Waals surface area contributed by atoms with Crippen LogP contribution in [-0.4, -0.2) is 55.0 Å². The molecular weight excluding hydrogens is 276 g/mol. The highest BCUT2D eigenvalue weighted by Gasteiger charge is 2.40. The Labute approximate surface area is 133 Å². The molecule has 0 spiro atoms. The van der Waals surface area contributed by atoms with Crippen LogP contribution in [0.2, 0.25) is 0 Å². The Morgan fingerprint density at radius 1 is 1.14 bits per heavy atom. The van der Waals surface area contributed by atoms with Gasteiger partial charge in [-0.2, -0.15) is 0 Å². The van der Waals surface area contributed by atoms with Crippen LogP contribution in [0.15, 0.2) is 30.3 Å². The molecule has 2 heterocycles. The van der Waals surface area contributed by atoms with Crippen LogP contribution in [0.5, 0.6) is 0 Å². The largest absolute Gasteiger partial charge is 0.367 e. The van der Waals surface area contributed by atoms with Crippen LogP contribution in [0.4, 0.5) is 0 Å². The number of hydrogen-bond donors (Lipinski definition) is 0. The minimum atomic E-state index is -0.478. The fourth-order valence-corrected chi connectivity index (χ4v) is 4.05. The molecule has 0 unspecified atom stereocenters. The Balaban J connectivity index is 1.77. The van der Waals surface area contributed by atoms with E-state index in [9.17, 15) is 4.79 Å². The molecule has 120 valence electrons. The van der Waals surface area contributed by atoms with Crippen LogP contribution in [0.25, 0.3) is 0 Å². The van der Waals surface area contributed by atoms with E-state index in [1.165, 1.54) is 12.8 Å². The summed E-state index contributed by atoms with van der Waals surface area (Å²) >= 11 is 0. The van der Waals surface area contributed by atoms with Gasteiger partial charge in [-0.25, -0.2) is 0 Å². The highest BCUT2D eigenvalue weighted by molar-refractivity contribution is 5.83. The van der Waals surface area contributed by atoms with Gasteiger partial charge in [0.05, 0.1) is 0 Å². The topological polar surface area (TPSA) is 32.8 Å². The maximum atomic E-state index is 13.0. The summed E-state index contributed by atoms with van der Waals surface area (Å²) in [5, 5.41) is 0. The number of carbonyl (C=O) groups excluding carboxylic acids is 1. The molecule has 4 heteroatoms. The average Bonchev–Trinajstić information content (AvgIpc) is 3.17. The van der Waals surface area contributed by atoms with Crippen molar-refractivity contribution in [2.75, 3.05) is 27.2 Å². The van der Waals surface area contributed by atoms with E-state index in [4.69, 9.17) is 4.74 Å². The van der Waals surface area contributed by atoms with Gasteiger partial charge in [0.25, 0.3) is 5.91 Å². The van der Waals surface area contributed by atoms with Crippen molar-refractivity contribution in [2.24, 2.45) is 0 Å². The van der Waals surface area contributed by atoms with E-state index in [0.29, 0.717) is 12.1 Å². The van der Waals surface area contributed by atoms with Gasteiger partial charge in [0.15, 0.2) is 6.10 Å². The second-order valence-electron chi connectivity index (χ2n) is 6.46. The van der Waals surface area contributed by atoms with E-state index in [2.05, 4.69) is 16.8 Å². The lowest BCUT2D eigenvalue weighted by atomic mass is 10.0. The number of likely N-dealkylation sites (N-methyl/N-ethyl adjacent to an activating group) is 1. The molecule has 1 amide bonds. The van der Waals surface area contributed by atoms with Gasteiger partial charge in [-0.15, -0.1) is 0 Å². The van der Waals surface area contributed by atoms with E-state index in [1.807, 2.05) is 30.3 Å². The number of nitrogens with zero attached hydrogens (tertiary/aromatic N) is 2. The molecular formula is C18H26N2O2. The monoisotopic (exact) mass is 302 g/mol. The van der Waals surface area contributed by atoms with Crippen LogP contribution in [0.3, 0.4) is 0 Å². The first-order chi connectivity index (χ1) is 10.7. The summed E-state index contributed by atoms with van der Waals surface area (Å²) in [6.07, 6.45) is 4.19. The maximum absolute atomic E-state index is 13.0. The fraction of sp³-hybridized carbons (Fsp3) is 0.611. The predicted molar refractivity (Wildman–Crippen MR) is 86.6 cm³/mol. The van der Waals surface area contributed by atoms with E-state index >= 15 is 0 Å². The SMILES string of the molecule is CO[C@H](C(=O)N1CCC[C@H]1[C@H]1CCCN1C)c1ccccc1. The highest BCUT2D eigenvalue weighted by Crippen LogP contribution is 2.31. The quantitative estimate of drug-likeness (QED) is 0.856. The van der Waals surface area contributed by atoms with Gasteiger partial charge in [0.1, 0.15) is 0 Å². The van der Waals surface area contributed by atoms with Crippen LogP contribution in [0, 0.1) is 0 Å². The smallest absolute Gasteiger partial charge is 0.256 e. The van der Waals surface area contributed by atoms with Crippen molar-refractivity contribution >= 4 is 5.91 Å². The fourth-order valence-electron chi connectivity index (χ4n) is 4.05. The number of likely N-dealkylation sites (tertiary alicyclic amines) is 2. The molecule has 1 aromatic rings. The zero-order valence-corrected chi connectivity index (χ0v) is 13.6. The van der Waals surface area contributed by atoms with Crippen molar-refractivity contribution in [2.45, 2.75) is 43.9 Å². The summed E-state index contributed by atoms with van der Waals surface area (Å²) in [5.41, 5.74) is 0.945. The van der Waals surface area contributed by atoms with Gasteiger partial charge in [-0.3, -0.25) is 4.79 Å². The van der Waals surface area contributed by atoms with Gasteiger partial charge < -0.3 is 14.5 Å². The molecule has 22 heavy (non-hydrogen) atoms. The number of methoxy groups -OCH3 is 1. The van der Waals surface area contributed by atoms with E-state index in [0.717, 1.165) is 31.5 Å². The van der Waals surface area contributed by atoms with Crippen LogP contribution < -0.4 is 0 Å². The predicted octanol–water partition coefficient (Wildman–Crippen LogP) is 2.46. The van der Waals surface area contributed by atoms with Crippen LogP contribution in [0.1, 0.15) is 37.4 Å². The summed E-state index contributed by atoms with van der Waals surface area (Å²) in [6.45, 7) is 2.01. The van der Waals surface area contributed by atoms with Crippen molar-refractivity contribution < 1.29 is 9.53 Å². The van der Waals surface area contributed by atoms with E-state index in [-0.39, 0.29) is 5.91 Å². The van der Waals surface area contributed by atoms with Crippen molar-refractivity contribution in [3.05, 3.63) is 35.9 Å². The number of amides is 1. The number of hydrogen-bond acceptors (Lipinski definition) is 3. The third-order valence-corrected chi connectivity index (χ3v) is 5.17. The van der Waals surface area contributed by atoms with E-state index in [1.54, 1.807) is 7.11 Å². The van der Waals surface area contributed by atoms with Crippen molar-refractivity contribution in [1.29, 1.82) is 0 Å². The molecule has 0 aliphatic carbocycles. The summed E-state index contributed by atoms with van der Waals surface area (Å²) in [6, 6.07) is 10.7. The number of carbonyl (C=O) groups is 1. The first-order valence-electron chi connectivity index (χ1n) is 8.31. The zero-order chi connectivity index (χ0) is 15.5. The molecule has 3 atom stereocenters. The number of ether oxygens (including phenoxy) is 1. The lowest BCUT2D eigenvalue weighted by molar-refractivity contribution is -0.144. The third-order valence-electron chi connectivity index (χ3n) is 5.17. The standard InChI is InChI=1S/C18H26N2O2/c1-19-12-6-10-15(19)16-11-7-13-20(16)18(21)17(22-2)14-8-4-3-5-9-14/h3-5,8-9,15-17H,6-7,10-13H2,1-2H3/t15-,16+,17+/m1/s1. The summed E-state index contributed by atoms with van der Waals surface area (Å²) in [5.74, 6) is 0.122. The lowest BCUT2D eigenvalue weighted by Gasteiger charge is -2.35. The Kier molecular flexibility index (Phi) is 4.79. The highest BCUT2D eigenvalue weighted by atomic mass is 16.5. The normalized spacial score (nSPS) is 27.3. The van der Waals surface area contributed by atoms with Crippen molar-refractivity contribution in [3.63, 3.8) is 0 Å². The molecule has 2 saturated heterocycles. The van der Waals surface area contributed by atoms with Gasteiger partial charge in [-0.05, 0) is 44.8 Å². The molecule has 4 nitrogen and oxygen atoms in total. The lowest BCUT2D eigenvalue weighted by Crippen LogP contribution is -2.48. The van der Waals surface area contributed by atoms with Gasteiger partial charge in [-0.1, -0.05) is 30.3 Å². The Bertz CT molecular complexity index is 505. The van der Waals surface area contributed by atoms with Crippen LogP contribution >= 0.6 is 0 Å². The van der Waals surface area contributed by atoms with Crippen LogP contribution in [-0.2, 0) is 9.53 Å². The second kappa shape index (κ2) is 6.80. The van der Waals surface area contributed by atoms with Gasteiger partial charge >= 0.3 is 0 Å². The molecule has 0 saturated carbocycles. The van der Waals surface area contributed by atoms with Gasteiger partial charge in [0, 0.05) is 25.7 Å². The zero-order valence-electron chi connectivity index (χ0n) is 13.6. The van der Waals surface area contributed by atoms with E-state index < -0.39 is 6.10 Å². The molecule has 3 rings (SSSR count). The van der Waals surface area contributed by atoms with Crippen molar-refractivity contribution in [3.8, 4) is 0 Å². The molecule has 0 bridgehead atoms. The number of benzene rings is 1. The van der Waals surface area contributed by atoms with Gasteiger partial charge in [0.2, 0.25) is 0 Å².